The van der Waals surface area contributed by atoms with Crippen molar-refractivity contribution in [2.24, 2.45) is 0 Å². The van der Waals surface area contributed by atoms with Crippen molar-refractivity contribution in [3.63, 3.8) is 0 Å². The van der Waals surface area contributed by atoms with Gasteiger partial charge in [-0.05, 0) is 66.2 Å². The minimum atomic E-state index is -4.17. The molecule has 2 heterocycles. The highest BCUT2D eigenvalue weighted by atomic mass is 32.2. The molecule has 1 unspecified atom stereocenters. The standard InChI is InChI=1S/C31H25N3O6S/c1-39-24-15-17-25(18-16-24)41(37,38)33(20-21-7-3-2-4-8-21)27-19-29(35)34(31(27)36)23-13-11-22(12-14-23)30-32-26-9-5-6-10-28(26)40-30/h2-18,27H,19-20H2,1H3. The van der Waals surface area contributed by atoms with E-state index in [1.54, 1.807) is 60.7 Å². The van der Waals surface area contributed by atoms with Crippen LogP contribution in [0.3, 0.4) is 0 Å². The number of rotatable bonds is 8. The van der Waals surface area contributed by atoms with Crippen molar-refractivity contribution in [3.05, 3.63) is 109 Å². The number of fused-ring (bicyclic) bond motifs is 1. The molecule has 1 aliphatic heterocycles. The van der Waals surface area contributed by atoms with Gasteiger partial charge >= 0.3 is 0 Å². The van der Waals surface area contributed by atoms with E-state index >= 15 is 0 Å². The Morgan fingerprint density at radius 3 is 2.27 bits per heavy atom. The van der Waals surface area contributed by atoms with Gasteiger partial charge in [0.2, 0.25) is 21.8 Å². The number of hydrogen-bond acceptors (Lipinski definition) is 7. The van der Waals surface area contributed by atoms with E-state index in [1.165, 1.54) is 19.2 Å². The van der Waals surface area contributed by atoms with E-state index in [0.717, 1.165) is 14.7 Å². The van der Waals surface area contributed by atoms with E-state index in [0.29, 0.717) is 34.0 Å². The van der Waals surface area contributed by atoms with Crippen molar-refractivity contribution in [2.75, 3.05) is 12.0 Å². The summed E-state index contributed by atoms with van der Waals surface area (Å²) >= 11 is 0. The number of methoxy groups -OCH3 is 1. The van der Waals surface area contributed by atoms with Crippen molar-refractivity contribution < 1.29 is 27.2 Å². The topological polar surface area (TPSA) is 110 Å². The molecule has 1 atom stereocenters. The fourth-order valence-electron chi connectivity index (χ4n) is 4.87. The molecule has 5 aromatic rings. The van der Waals surface area contributed by atoms with Crippen LogP contribution in [-0.4, -0.2) is 42.7 Å². The number of ether oxygens (including phenoxy) is 1. The lowest BCUT2D eigenvalue weighted by Gasteiger charge is -2.27. The number of carbonyl (C=O) groups excluding carboxylic acids is 2. The molecule has 0 bridgehead atoms. The fraction of sp³-hybridized carbons (Fsp3) is 0.129. The summed E-state index contributed by atoms with van der Waals surface area (Å²) in [5.41, 5.74) is 3.06. The van der Waals surface area contributed by atoms with Crippen LogP contribution in [0.15, 0.2) is 112 Å². The summed E-state index contributed by atoms with van der Waals surface area (Å²) in [5.74, 6) is -0.192. The quantitative estimate of drug-likeness (QED) is 0.242. The molecule has 9 nitrogen and oxygen atoms in total. The Morgan fingerprint density at radius 2 is 1.59 bits per heavy atom. The van der Waals surface area contributed by atoms with Crippen LogP contribution in [0.5, 0.6) is 5.75 Å². The van der Waals surface area contributed by atoms with Crippen LogP contribution in [0.25, 0.3) is 22.6 Å². The maximum absolute atomic E-state index is 13.9. The van der Waals surface area contributed by atoms with Gasteiger partial charge in [0.25, 0.3) is 5.91 Å². The van der Waals surface area contributed by atoms with Gasteiger partial charge in [-0.25, -0.2) is 18.3 Å². The molecule has 206 valence electrons. The molecular weight excluding hydrogens is 542 g/mol. The van der Waals surface area contributed by atoms with E-state index in [2.05, 4.69) is 4.98 Å². The van der Waals surface area contributed by atoms with Gasteiger partial charge in [0, 0.05) is 12.1 Å². The predicted octanol–water partition coefficient (Wildman–Crippen LogP) is 5.03. The normalized spacial score (nSPS) is 15.7. The van der Waals surface area contributed by atoms with E-state index < -0.39 is 27.9 Å². The number of sulfonamides is 1. The van der Waals surface area contributed by atoms with Crippen LogP contribution in [0, 0.1) is 0 Å². The molecule has 0 aliphatic carbocycles. The van der Waals surface area contributed by atoms with Gasteiger partial charge in [-0.15, -0.1) is 0 Å². The lowest BCUT2D eigenvalue weighted by molar-refractivity contribution is -0.122. The molecule has 0 spiro atoms. The summed E-state index contributed by atoms with van der Waals surface area (Å²) in [7, 11) is -2.68. The van der Waals surface area contributed by atoms with Gasteiger partial charge in [0.05, 0.1) is 24.1 Å². The Kier molecular flexibility index (Phi) is 6.86. The van der Waals surface area contributed by atoms with Gasteiger partial charge in [-0.1, -0.05) is 42.5 Å². The molecule has 4 aromatic carbocycles. The molecule has 0 N–H and O–H groups in total. The van der Waals surface area contributed by atoms with Crippen LogP contribution >= 0.6 is 0 Å². The van der Waals surface area contributed by atoms with Gasteiger partial charge < -0.3 is 9.15 Å². The first-order valence-corrected chi connectivity index (χ1v) is 14.3. The SMILES string of the molecule is COc1ccc(S(=O)(=O)N(Cc2ccccc2)C2CC(=O)N(c3ccc(-c4nc5ccccc5o4)cc3)C2=O)cc1. The largest absolute Gasteiger partial charge is 0.497 e. The van der Waals surface area contributed by atoms with E-state index in [4.69, 9.17) is 9.15 Å². The van der Waals surface area contributed by atoms with E-state index in [9.17, 15) is 18.0 Å². The van der Waals surface area contributed by atoms with Crippen molar-refractivity contribution in [2.45, 2.75) is 23.9 Å². The van der Waals surface area contributed by atoms with Crippen molar-refractivity contribution in [3.8, 4) is 17.2 Å². The molecule has 1 saturated heterocycles. The minimum Gasteiger partial charge on any atom is -0.497 e. The summed E-state index contributed by atoms with van der Waals surface area (Å²) in [6.45, 7) is -0.0800. The number of para-hydroxylation sites is 2. The minimum absolute atomic E-state index is 0.00406. The molecular formula is C31H25N3O6S. The number of carbonyl (C=O) groups is 2. The Hall–Kier alpha value is -4.80. The first-order valence-electron chi connectivity index (χ1n) is 12.9. The third kappa shape index (κ3) is 4.99. The Labute approximate surface area is 236 Å². The number of aromatic nitrogens is 1. The summed E-state index contributed by atoms with van der Waals surface area (Å²) in [4.78, 5) is 32.5. The Balaban J connectivity index is 1.31. The van der Waals surface area contributed by atoms with E-state index in [1.807, 2.05) is 30.3 Å². The summed E-state index contributed by atoms with van der Waals surface area (Å²) in [6.07, 6.45) is -0.284. The first kappa shape index (κ1) is 26.4. The number of imide groups is 1. The molecule has 0 saturated carbocycles. The zero-order valence-corrected chi connectivity index (χ0v) is 22.8. The average Bonchev–Trinajstić information content (AvgIpc) is 3.56. The molecule has 1 aliphatic rings. The maximum Gasteiger partial charge on any atom is 0.252 e. The number of anilines is 1. The van der Waals surface area contributed by atoms with Gasteiger partial charge in [0.15, 0.2) is 5.58 Å². The maximum atomic E-state index is 13.9. The second-order valence-electron chi connectivity index (χ2n) is 9.53. The Morgan fingerprint density at radius 1 is 0.902 bits per heavy atom. The molecule has 0 radical (unpaired) electrons. The van der Waals surface area contributed by atoms with Crippen LogP contribution in [0.2, 0.25) is 0 Å². The smallest absolute Gasteiger partial charge is 0.252 e. The van der Waals surface area contributed by atoms with Crippen LogP contribution in [0.4, 0.5) is 5.69 Å². The molecule has 6 rings (SSSR count). The van der Waals surface area contributed by atoms with Gasteiger partial charge in [-0.2, -0.15) is 4.31 Å². The second-order valence-corrected chi connectivity index (χ2v) is 11.4. The lowest BCUT2D eigenvalue weighted by atomic mass is 10.2. The van der Waals surface area contributed by atoms with Gasteiger partial charge in [-0.3, -0.25) is 9.59 Å². The molecule has 1 fully saturated rings. The lowest BCUT2D eigenvalue weighted by Crippen LogP contribution is -2.45. The molecule has 10 heteroatoms. The van der Waals surface area contributed by atoms with Crippen LogP contribution in [-0.2, 0) is 26.2 Å². The van der Waals surface area contributed by atoms with Crippen molar-refractivity contribution >= 4 is 38.6 Å². The highest BCUT2D eigenvalue weighted by molar-refractivity contribution is 7.89. The monoisotopic (exact) mass is 567 g/mol. The zero-order valence-electron chi connectivity index (χ0n) is 22.0. The molecule has 41 heavy (non-hydrogen) atoms. The summed E-state index contributed by atoms with van der Waals surface area (Å²) < 4.78 is 39.8. The second kappa shape index (κ2) is 10.6. The van der Waals surface area contributed by atoms with Crippen LogP contribution in [0.1, 0.15) is 12.0 Å². The third-order valence-electron chi connectivity index (χ3n) is 6.98. The fourth-order valence-corrected chi connectivity index (χ4v) is 6.44. The van der Waals surface area contributed by atoms with Gasteiger partial charge in [0.1, 0.15) is 17.3 Å². The number of nitrogens with zero attached hydrogens (tertiary/aromatic N) is 3. The zero-order chi connectivity index (χ0) is 28.6. The predicted molar refractivity (Wildman–Crippen MR) is 153 cm³/mol. The highest BCUT2D eigenvalue weighted by Gasteiger charge is 2.47. The number of oxazole rings is 1. The number of benzene rings is 4. The van der Waals surface area contributed by atoms with Crippen molar-refractivity contribution in [1.82, 2.24) is 9.29 Å². The Bertz CT molecular complexity index is 1800. The summed E-state index contributed by atoms with van der Waals surface area (Å²) in [6, 6.07) is 27.8. The first-order chi connectivity index (χ1) is 19.8. The van der Waals surface area contributed by atoms with Crippen LogP contribution < -0.4 is 9.64 Å². The summed E-state index contributed by atoms with van der Waals surface area (Å²) in [5, 5.41) is 0. The van der Waals surface area contributed by atoms with Crippen molar-refractivity contribution in [1.29, 1.82) is 0 Å². The number of hydrogen-bond donors (Lipinski definition) is 0. The molecule has 1 aromatic heterocycles. The highest BCUT2D eigenvalue weighted by Crippen LogP contribution is 2.33. The molecule has 2 amide bonds. The number of amides is 2. The average molecular weight is 568 g/mol. The van der Waals surface area contributed by atoms with E-state index in [-0.39, 0.29) is 17.9 Å². The third-order valence-corrected chi connectivity index (χ3v) is 8.85.